The number of fused-ring (bicyclic) bond motifs is 12. The molecule has 0 unspecified atom stereocenters. The van der Waals surface area contributed by atoms with E-state index in [2.05, 4.69) is 240 Å². The monoisotopic (exact) mass is 834 g/mol. The highest BCUT2D eigenvalue weighted by Gasteiger charge is 2.24. The second kappa shape index (κ2) is 14.5. The molecule has 11 aromatic carbocycles. The number of hydrogen-bond donors (Lipinski definition) is 0. The fourth-order valence-corrected chi connectivity index (χ4v) is 10.4. The maximum atomic E-state index is 5.71. The molecule has 12 rings (SSSR count). The minimum Gasteiger partial charge on any atom is -0.292 e. The van der Waals surface area contributed by atoms with E-state index >= 15 is 0 Å². The molecule has 1 heterocycles. The van der Waals surface area contributed by atoms with E-state index in [0.717, 1.165) is 33.5 Å². The Bertz CT molecular complexity index is 3870. The first kappa shape index (κ1) is 39.1. The van der Waals surface area contributed by atoms with Gasteiger partial charge in [0.25, 0.3) is 0 Å². The van der Waals surface area contributed by atoms with Crippen LogP contribution in [0.15, 0.2) is 194 Å². The highest BCUT2D eigenvalue weighted by molar-refractivity contribution is 6.26. The van der Waals surface area contributed by atoms with E-state index in [-0.39, 0.29) is 10.8 Å². The largest absolute Gasteiger partial charge is 0.292 e. The van der Waals surface area contributed by atoms with Crippen LogP contribution in [0.25, 0.3) is 115 Å². The molecule has 0 atom stereocenters. The smallest absolute Gasteiger partial charge is 0.145 e. The fourth-order valence-electron chi connectivity index (χ4n) is 10.4. The molecule has 1 aromatic heterocycles. The summed E-state index contributed by atoms with van der Waals surface area (Å²) in [5.41, 5.74) is 11.8. The Balaban J connectivity index is 1.20. The van der Waals surface area contributed by atoms with Gasteiger partial charge in [0.05, 0.1) is 11.0 Å². The van der Waals surface area contributed by atoms with Crippen LogP contribution in [0.5, 0.6) is 0 Å². The molecule has 12 aromatic rings. The molecule has 0 bridgehead atoms. The van der Waals surface area contributed by atoms with Crippen LogP contribution < -0.4 is 0 Å². The van der Waals surface area contributed by atoms with Crippen molar-refractivity contribution in [1.82, 2.24) is 9.55 Å². The minimum absolute atomic E-state index is 0.0292. The predicted molar refractivity (Wildman–Crippen MR) is 280 cm³/mol. The number of hydrogen-bond acceptors (Lipinski definition) is 1. The minimum atomic E-state index is 0.0292. The molecule has 0 aliphatic rings. The summed E-state index contributed by atoms with van der Waals surface area (Å²) >= 11 is 0. The molecule has 0 spiro atoms. The number of rotatable bonds is 4. The Hall–Kier alpha value is -7.55. The first-order valence-electron chi connectivity index (χ1n) is 23.0. The van der Waals surface area contributed by atoms with Crippen LogP contribution in [-0.4, -0.2) is 9.55 Å². The van der Waals surface area contributed by atoms with Gasteiger partial charge in [-0.3, -0.25) is 4.57 Å². The normalized spacial score (nSPS) is 12.5. The molecule has 0 saturated heterocycles. The summed E-state index contributed by atoms with van der Waals surface area (Å²) in [5, 5.41) is 14.8. The Morgan fingerprint density at radius 3 is 1.26 bits per heavy atom. The van der Waals surface area contributed by atoms with Gasteiger partial charge in [-0.2, -0.15) is 0 Å². The average molecular weight is 835 g/mol. The van der Waals surface area contributed by atoms with E-state index in [9.17, 15) is 0 Å². The Morgan fingerprint density at radius 1 is 0.338 bits per heavy atom. The maximum absolute atomic E-state index is 5.71. The van der Waals surface area contributed by atoms with Gasteiger partial charge in [0, 0.05) is 22.0 Å². The molecule has 0 fully saturated rings. The van der Waals surface area contributed by atoms with Crippen molar-refractivity contribution in [3.05, 3.63) is 205 Å². The van der Waals surface area contributed by atoms with Gasteiger partial charge in [-0.1, -0.05) is 199 Å². The SMILES string of the molecule is CC(C)(C)c1ccc(-c2nc3c4ccc(-c5cc6ccccc6c6ccccc56)cc4c4cc(-c5cc6ccccc6c6ccccc56)ccc4c3n2-c2ccc(C(C)(C)C)cc2)cc1. The number of aromatic nitrogens is 2. The average Bonchev–Trinajstić information content (AvgIpc) is 3.74. The second-order valence-electron chi connectivity index (χ2n) is 20.0. The van der Waals surface area contributed by atoms with Crippen molar-refractivity contribution in [1.29, 1.82) is 0 Å². The summed E-state index contributed by atoms with van der Waals surface area (Å²) in [5.74, 6) is 0.937. The van der Waals surface area contributed by atoms with Gasteiger partial charge in [0.15, 0.2) is 0 Å². The molecule has 0 aliphatic carbocycles. The lowest BCUT2D eigenvalue weighted by Gasteiger charge is -2.20. The third kappa shape index (κ3) is 6.34. The lowest BCUT2D eigenvalue weighted by Crippen LogP contribution is -2.11. The van der Waals surface area contributed by atoms with Crippen molar-refractivity contribution >= 4 is 75.7 Å². The first-order valence-corrected chi connectivity index (χ1v) is 23.0. The van der Waals surface area contributed by atoms with Crippen molar-refractivity contribution in [3.63, 3.8) is 0 Å². The summed E-state index contributed by atoms with van der Waals surface area (Å²) < 4.78 is 2.42. The van der Waals surface area contributed by atoms with Gasteiger partial charge in [-0.25, -0.2) is 4.98 Å². The lowest BCUT2D eigenvalue weighted by molar-refractivity contribution is 0.590. The van der Waals surface area contributed by atoms with E-state index in [1.165, 1.54) is 92.6 Å². The molecule has 0 aliphatic heterocycles. The van der Waals surface area contributed by atoms with E-state index in [0.29, 0.717) is 0 Å². The van der Waals surface area contributed by atoms with Crippen molar-refractivity contribution in [2.75, 3.05) is 0 Å². The summed E-state index contributed by atoms with van der Waals surface area (Å²) in [6, 6.07) is 72.5. The van der Waals surface area contributed by atoms with Crippen molar-refractivity contribution in [2.24, 2.45) is 0 Å². The third-order valence-corrected chi connectivity index (χ3v) is 13.9. The van der Waals surface area contributed by atoms with Gasteiger partial charge in [-0.05, 0) is 134 Å². The topological polar surface area (TPSA) is 17.8 Å². The van der Waals surface area contributed by atoms with Crippen molar-refractivity contribution in [3.8, 4) is 39.3 Å². The zero-order valence-electron chi connectivity index (χ0n) is 37.9. The molecule has 0 radical (unpaired) electrons. The van der Waals surface area contributed by atoms with Gasteiger partial charge < -0.3 is 0 Å². The van der Waals surface area contributed by atoms with Crippen molar-refractivity contribution < 1.29 is 0 Å². The van der Waals surface area contributed by atoms with E-state index in [1.54, 1.807) is 0 Å². The molecular formula is C63H50N2. The quantitative estimate of drug-likeness (QED) is 0.162. The van der Waals surface area contributed by atoms with Crippen LogP contribution >= 0.6 is 0 Å². The van der Waals surface area contributed by atoms with Crippen LogP contribution in [0.4, 0.5) is 0 Å². The van der Waals surface area contributed by atoms with Gasteiger partial charge in [0.2, 0.25) is 0 Å². The van der Waals surface area contributed by atoms with Gasteiger partial charge in [0.1, 0.15) is 5.82 Å². The molecule has 0 N–H and O–H groups in total. The maximum Gasteiger partial charge on any atom is 0.145 e. The predicted octanol–water partition coefficient (Wildman–Crippen LogP) is 17.5. The first-order chi connectivity index (χ1) is 31.5. The molecule has 312 valence electrons. The van der Waals surface area contributed by atoms with Crippen LogP contribution in [0.3, 0.4) is 0 Å². The molecule has 0 saturated carbocycles. The molecular weight excluding hydrogens is 785 g/mol. The summed E-state index contributed by atoms with van der Waals surface area (Å²) in [6.07, 6.45) is 0. The second-order valence-corrected chi connectivity index (χ2v) is 20.0. The summed E-state index contributed by atoms with van der Waals surface area (Å²) in [7, 11) is 0. The number of benzene rings is 11. The number of imidazole rings is 1. The lowest BCUT2D eigenvalue weighted by atomic mass is 9.86. The van der Waals surface area contributed by atoms with Crippen LogP contribution in [0.1, 0.15) is 52.7 Å². The zero-order valence-corrected chi connectivity index (χ0v) is 37.9. The summed E-state index contributed by atoms with van der Waals surface area (Å²) in [6.45, 7) is 13.7. The Kier molecular flexibility index (Phi) is 8.71. The zero-order chi connectivity index (χ0) is 44.2. The van der Waals surface area contributed by atoms with Crippen LogP contribution in [-0.2, 0) is 10.8 Å². The van der Waals surface area contributed by atoms with Gasteiger partial charge in [-0.15, -0.1) is 0 Å². The van der Waals surface area contributed by atoms with E-state index in [1.807, 2.05) is 0 Å². The highest BCUT2D eigenvalue weighted by atomic mass is 15.1. The number of nitrogens with zero attached hydrogens (tertiary/aromatic N) is 2. The van der Waals surface area contributed by atoms with Crippen LogP contribution in [0.2, 0.25) is 0 Å². The Morgan fingerprint density at radius 2 is 0.754 bits per heavy atom. The van der Waals surface area contributed by atoms with Crippen molar-refractivity contribution in [2.45, 2.75) is 52.4 Å². The standard InChI is InChI=1S/C63H50N2/c1-62(2,3)44-27-23-39(24-28-44)61-64-59-53-33-25-42(55-35-40-15-7-9-17-47(40)49-19-11-13-21-51(49)55)37-57(53)58-38-43(56-36-41-16-8-10-18-48(41)50-20-12-14-22-52(50)56)26-34-54(58)60(59)65(61)46-31-29-45(30-32-46)63(4,5)6/h7-38H,1-6H3. The van der Waals surface area contributed by atoms with E-state index < -0.39 is 0 Å². The fraction of sp³-hybridized carbons (Fsp3) is 0.127. The summed E-state index contributed by atoms with van der Waals surface area (Å²) in [4.78, 5) is 5.71. The molecule has 2 heteroatoms. The highest BCUT2D eigenvalue weighted by Crippen LogP contribution is 2.45. The molecule has 2 nitrogen and oxygen atoms in total. The molecule has 0 amide bonds. The Labute approximate surface area is 380 Å². The van der Waals surface area contributed by atoms with Gasteiger partial charge >= 0.3 is 0 Å². The third-order valence-electron chi connectivity index (χ3n) is 13.9. The van der Waals surface area contributed by atoms with Crippen LogP contribution in [0, 0.1) is 0 Å². The van der Waals surface area contributed by atoms with E-state index in [4.69, 9.17) is 4.98 Å². The molecule has 65 heavy (non-hydrogen) atoms.